The third-order valence-corrected chi connectivity index (χ3v) is 3.05. The van der Waals surface area contributed by atoms with E-state index in [9.17, 15) is 4.39 Å². The van der Waals surface area contributed by atoms with Crippen LogP contribution in [0.4, 0.5) is 4.39 Å². The Morgan fingerprint density at radius 3 is 2.33 bits per heavy atom. The van der Waals surface area contributed by atoms with Gasteiger partial charge < -0.3 is 0 Å². The second kappa shape index (κ2) is 6.48. The summed E-state index contributed by atoms with van der Waals surface area (Å²) in [5.41, 5.74) is 4.67. The van der Waals surface area contributed by atoms with Gasteiger partial charge in [0.25, 0.3) is 0 Å². The molecule has 0 heterocycles. The smallest absolute Gasteiger partial charge is 0.127 e. The van der Waals surface area contributed by atoms with Crippen molar-refractivity contribution in [2.45, 2.75) is 47.5 Å². The largest absolute Gasteiger partial charge is 0.258 e. The molecule has 1 aromatic carbocycles. The van der Waals surface area contributed by atoms with Gasteiger partial charge in [-0.25, -0.2) is 4.39 Å². The summed E-state index contributed by atoms with van der Waals surface area (Å²) in [5.74, 6) is -0.126. The third-order valence-electron chi connectivity index (χ3n) is 3.05. The van der Waals surface area contributed by atoms with Crippen LogP contribution in [0.15, 0.2) is 34.5 Å². The highest BCUT2D eigenvalue weighted by Gasteiger charge is 2.05. The fraction of sp³-hybridized carbons (Fsp3) is 0.438. The molecule has 98 valence electrons. The van der Waals surface area contributed by atoms with Gasteiger partial charge in [-0.1, -0.05) is 31.1 Å². The lowest BCUT2D eigenvalue weighted by Crippen LogP contribution is -1.99. The van der Waals surface area contributed by atoms with E-state index in [1.165, 1.54) is 5.57 Å². The molecule has 0 aliphatic rings. The zero-order valence-electron chi connectivity index (χ0n) is 12.0. The van der Waals surface area contributed by atoms with Crippen LogP contribution in [0.1, 0.15) is 52.2 Å². The summed E-state index contributed by atoms with van der Waals surface area (Å²) < 4.78 is 13.8. The lowest BCUT2D eigenvalue weighted by Gasteiger charge is -2.06. The number of hydrogen-bond donors (Lipinski definition) is 0. The van der Waals surface area contributed by atoms with Gasteiger partial charge in [-0.2, -0.15) is 0 Å². The average Bonchev–Trinajstić information content (AvgIpc) is 2.31. The molecule has 0 saturated carbocycles. The van der Waals surface area contributed by atoms with Crippen LogP contribution in [-0.2, 0) is 6.42 Å². The standard InChI is InChI=1S/C16H22FN/c1-6-7-14-8-9-15(10-16(14)17)13(5)18-12(4)11(2)3/h8-10H,6-7H2,1-5H3. The number of aryl methyl sites for hydroxylation is 1. The van der Waals surface area contributed by atoms with Gasteiger partial charge >= 0.3 is 0 Å². The van der Waals surface area contributed by atoms with E-state index in [1.54, 1.807) is 6.07 Å². The van der Waals surface area contributed by atoms with Crippen LogP contribution in [-0.4, -0.2) is 5.71 Å². The molecule has 0 N–H and O–H groups in total. The monoisotopic (exact) mass is 247 g/mol. The molecule has 0 spiro atoms. The molecule has 2 heteroatoms. The number of aliphatic imine (C=N–C) groups is 1. The van der Waals surface area contributed by atoms with Gasteiger partial charge in [-0.05, 0) is 51.3 Å². The summed E-state index contributed by atoms with van der Waals surface area (Å²) in [6, 6.07) is 5.40. The molecule has 0 aliphatic carbocycles. The van der Waals surface area contributed by atoms with Gasteiger partial charge in [0, 0.05) is 11.4 Å². The zero-order chi connectivity index (χ0) is 13.7. The van der Waals surface area contributed by atoms with Gasteiger partial charge in [-0.15, -0.1) is 0 Å². The molecule has 18 heavy (non-hydrogen) atoms. The summed E-state index contributed by atoms with van der Waals surface area (Å²) in [4.78, 5) is 4.49. The van der Waals surface area contributed by atoms with E-state index >= 15 is 0 Å². The Hall–Kier alpha value is -1.44. The number of hydrogen-bond acceptors (Lipinski definition) is 1. The second-order valence-electron chi connectivity index (χ2n) is 4.84. The van der Waals surface area contributed by atoms with Crippen molar-refractivity contribution in [1.82, 2.24) is 0 Å². The highest BCUT2D eigenvalue weighted by atomic mass is 19.1. The van der Waals surface area contributed by atoms with Crippen molar-refractivity contribution < 1.29 is 4.39 Å². The normalized spacial score (nSPS) is 11.6. The molecule has 0 radical (unpaired) electrons. The summed E-state index contributed by atoms with van der Waals surface area (Å²) >= 11 is 0. The first kappa shape index (κ1) is 14.6. The summed E-state index contributed by atoms with van der Waals surface area (Å²) in [6.07, 6.45) is 1.75. The van der Waals surface area contributed by atoms with Crippen molar-refractivity contribution in [2.75, 3.05) is 0 Å². The zero-order valence-corrected chi connectivity index (χ0v) is 12.0. The number of rotatable bonds is 4. The molecule has 0 aromatic heterocycles. The molecule has 1 nitrogen and oxygen atoms in total. The highest BCUT2D eigenvalue weighted by molar-refractivity contribution is 5.99. The molecule has 0 fully saturated rings. The van der Waals surface area contributed by atoms with Crippen LogP contribution in [0.25, 0.3) is 0 Å². The number of benzene rings is 1. The second-order valence-corrected chi connectivity index (χ2v) is 4.84. The Balaban J connectivity index is 3.05. The minimum atomic E-state index is -0.126. The van der Waals surface area contributed by atoms with E-state index in [0.29, 0.717) is 0 Å². The van der Waals surface area contributed by atoms with E-state index in [1.807, 2.05) is 39.8 Å². The highest BCUT2D eigenvalue weighted by Crippen LogP contribution is 2.14. The number of allylic oxidation sites excluding steroid dienone is 2. The van der Waals surface area contributed by atoms with Crippen molar-refractivity contribution in [1.29, 1.82) is 0 Å². The van der Waals surface area contributed by atoms with Crippen LogP contribution in [0.3, 0.4) is 0 Å². The van der Waals surface area contributed by atoms with Gasteiger partial charge in [0.1, 0.15) is 5.82 Å². The molecule has 1 aromatic rings. The van der Waals surface area contributed by atoms with Crippen molar-refractivity contribution in [3.8, 4) is 0 Å². The first-order valence-electron chi connectivity index (χ1n) is 6.43. The van der Waals surface area contributed by atoms with Crippen molar-refractivity contribution >= 4 is 5.71 Å². The molecule has 0 atom stereocenters. The molecule has 0 amide bonds. The van der Waals surface area contributed by atoms with Gasteiger partial charge in [0.05, 0.1) is 0 Å². The van der Waals surface area contributed by atoms with Crippen LogP contribution in [0.5, 0.6) is 0 Å². The Labute approximate surface area is 109 Å². The van der Waals surface area contributed by atoms with E-state index in [0.717, 1.165) is 35.4 Å². The third kappa shape index (κ3) is 3.80. The Bertz CT molecular complexity index is 480. The van der Waals surface area contributed by atoms with E-state index in [4.69, 9.17) is 0 Å². The van der Waals surface area contributed by atoms with Gasteiger partial charge in [0.15, 0.2) is 0 Å². The first-order valence-corrected chi connectivity index (χ1v) is 6.43. The lowest BCUT2D eigenvalue weighted by atomic mass is 10.0. The van der Waals surface area contributed by atoms with Crippen molar-refractivity contribution in [3.05, 3.63) is 46.4 Å². The first-order chi connectivity index (χ1) is 8.45. The minimum Gasteiger partial charge on any atom is -0.258 e. The maximum absolute atomic E-state index is 13.8. The SMILES string of the molecule is CCCc1ccc(C(C)=NC(C)=C(C)C)cc1F. The molecule has 1 rings (SSSR count). The molecule has 0 saturated heterocycles. The fourth-order valence-electron chi connectivity index (χ4n) is 1.67. The Morgan fingerprint density at radius 2 is 1.83 bits per heavy atom. The molecular formula is C16H22FN. The lowest BCUT2D eigenvalue weighted by molar-refractivity contribution is 0.607. The maximum Gasteiger partial charge on any atom is 0.127 e. The minimum absolute atomic E-state index is 0.126. The summed E-state index contributed by atoms with van der Waals surface area (Å²) in [6.45, 7) is 9.99. The van der Waals surface area contributed by atoms with Crippen LogP contribution in [0, 0.1) is 5.82 Å². The van der Waals surface area contributed by atoms with E-state index in [2.05, 4.69) is 11.9 Å². The predicted octanol–water partition coefficient (Wildman–Crippen LogP) is 4.90. The summed E-state index contributed by atoms with van der Waals surface area (Å²) in [7, 11) is 0. The van der Waals surface area contributed by atoms with E-state index in [-0.39, 0.29) is 5.82 Å². The maximum atomic E-state index is 13.8. The van der Waals surface area contributed by atoms with Gasteiger partial charge in [-0.3, -0.25) is 4.99 Å². The Morgan fingerprint density at radius 1 is 1.17 bits per heavy atom. The molecular weight excluding hydrogens is 225 g/mol. The molecule has 0 aliphatic heterocycles. The van der Waals surface area contributed by atoms with Crippen LogP contribution >= 0.6 is 0 Å². The average molecular weight is 247 g/mol. The number of nitrogens with zero attached hydrogens (tertiary/aromatic N) is 1. The quantitative estimate of drug-likeness (QED) is 0.671. The Kier molecular flexibility index (Phi) is 5.26. The van der Waals surface area contributed by atoms with Crippen LogP contribution < -0.4 is 0 Å². The van der Waals surface area contributed by atoms with Crippen LogP contribution in [0.2, 0.25) is 0 Å². The number of halogens is 1. The predicted molar refractivity (Wildman–Crippen MR) is 76.7 cm³/mol. The van der Waals surface area contributed by atoms with Crippen molar-refractivity contribution in [2.24, 2.45) is 4.99 Å². The fourth-order valence-corrected chi connectivity index (χ4v) is 1.67. The van der Waals surface area contributed by atoms with Crippen molar-refractivity contribution in [3.63, 3.8) is 0 Å². The van der Waals surface area contributed by atoms with Gasteiger partial charge in [0.2, 0.25) is 0 Å². The molecule has 0 bridgehead atoms. The van der Waals surface area contributed by atoms with E-state index < -0.39 is 0 Å². The molecule has 0 unspecified atom stereocenters. The summed E-state index contributed by atoms with van der Waals surface area (Å²) in [5, 5.41) is 0. The topological polar surface area (TPSA) is 12.4 Å².